The van der Waals surface area contributed by atoms with Crippen LogP contribution in [0.15, 0.2) is 0 Å². The highest BCUT2D eigenvalue weighted by atomic mass is 16.4. The normalized spacial score (nSPS) is 51.7. The summed E-state index contributed by atoms with van der Waals surface area (Å²) in [6.45, 7) is 6.99. The van der Waals surface area contributed by atoms with E-state index < -0.39 is 5.97 Å². The standard InChI is InChI=1S/C24H40O4/c1-14(4-9-22(27)28)18-7-8-19-17-6-5-15-12-16(25)10-11-23(15,2)20(17)13-21(26)24(18,19)3/h14-21,25-26H,4-13H2,1-3H3,(H,27,28)/t14-,15-,16-,17-,18-,19?,20-,21+,23+,24-/m1/s1. The van der Waals surface area contributed by atoms with Gasteiger partial charge >= 0.3 is 5.97 Å². The predicted molar refractivity (Wildman–Crippen MR) is 109 cm³/mol. The van der Waals surface area contributed by atoms with Crippen LogP contribution in [0.2, 0.25) is 0 Å². The summed E-state index contributed by atoms with van der Waals surface area (Å²) in [5.74, 6) is 2.55. The van der Waals surface area contributed by atoms with Gasteiger partial charge in [-0.2, -0.15) is 0 Å². The molecule has 28 heavy (non-hydrogen) atoms. The summed E-state index contributed by atoms with van der Waals surface area (Å²) in [7, 11) is 0. The molecule has 1 unspecified atom stereocenters. The summed E-state index contributed by atoms with van der Waals surface area (Å²) in [6, 6.07) is 0. The van der Waals surface area contributed by atoms with Gasteiger partial charge < -0.3 is 15.3 Å². The Morgan fingerprint density at radius 2 is 1.79 bits per heavy atom. The zero-order chi connectivity index (χ0) is 20.3. The summed E-state index contributed by atoms with van der Waals surface area (Å²) < 4.78 is 0. The van der Waals surface area contributed by atoms with E-state index >= 15 is 0 Å². The second-order valence-corrected chi connectivity index (χ2v) is 11.3. The average molecular weight is 393 g/mol. The van der Waals surface area contributed by atoms with Gasteiger partial charge in [0, 0.05) is 6.42 Å². The molecule has 160 valence electrons. The summed E-state index contributed by atoms with van der Waals surface area (Å²) in [6.07, 6.45) is 9.26. The summed E-state index contributed by atoms with van der Waals surface area (Å²) in [4.78, 5) is 11.1. The zero-order valence-corrected chi connectivity index (χ0v) is 17.9. The summed E-state index contributed by atoms with van der Waals surface area (Å²) in [5.41, 5.74) is 0.216. The Bertz CT molecular complexity index is 605. The fourth-order valence-corrected chi connectivity index (χ4v) is 8.71. The lowest BCUT2D eigenvalue weighted by Gasteiger charge is -2.62. The molecular formula is C24H40O4. The Morgan fingerprint density at radius 1 is 1.04 bits per heavy atom. The second-order valence-electron chi connectivity index (χ2n) is 11.3. The minimum atomic E-state index is -0.707. The van der Waals surface area contributed by atoms with Gasteiger partial charge in [0.25, 0.3) is 0 Å². The molecule has 0 spiro atoms. The minimum Gasteiger partial charge on any atom is -0.481 e. The van der Waals surface area contributed by atoms with E-state index in [1.54, 1.807) is 0 Å². The molecule has 4 rings (SSSR count). The molecule has 0 bridgehead atoms. The smallest absolute Gasteiger partial charge is 0.303 e. The maximum atomic E-state index is 11.5. The van der Waals surface area contributed by atoms with Crippen LogP contribution < -0.4 is 0 Å². The first-order chi connectivity index (χ1) is 13.2. The highest BCUT2D eigenvalue weighted by molar-refractivity contribution is 5.66. The molecule has 0 aliphatic heterocycles. The summed E-state index contributed by atoms with van der Waals surface area (Å²) in [5, 5.41) is 30.8. The van der Waals surface area contributed by atoms with Gasteiger partial charge in [-0.05, 0) is 104 Å². The molecule has 0 aromatic carbocycles. The van der Waals surface area contributed by atoms with Crippen LogP contribution in [-0.2, 0) is 4.79 Å². The Kier molecular flexibility index (Phi) is 5.36. The molecule has 10 atom stereocenters. The number of rotatable bonds is 4. The molecule has 0 radical (unpaired) electrons. The quantitative estimate of drug-likeness (QED) is 0.659. The lowest BCUT2D eigenvalue weighted by atomic mass is 9.43. The first kappa shape index (κ1) is 20.7. The molecule has 0 heterocycles. The molecule has 4 fully saturated rings. The third-order valence-corrected chi connectivity index (χ3v) is 10.3. The third-order valence-electron chi connectivity index (χ3n) is 10.3. The molecule has 3 N–H and O–H groups in total. The zero-order valence-electron chi connectivity index (χ0n) is 17.9. The monoisotopic (exact) mass is 392 g/mol. The van der Waals surface area contributed by atoms with E-state index in [9.17, 15) is 15.0 Å². The van der Waals surface area contributed by atoms with Crippen molar-refractivity contribution in [2.75, 3.05) is 0 Å². The van der Waals surface area contributed by atoms with Gasteiger partial charge in [0.2, 0.25) is 0 Å². The molecule has 0 saturated heterocycles. The van der Waals surface area contributed by atoms with E-state index in [4.69, 9.17) is 5.11 Å². The molecule has 0 aromatic rings. The van der Waals surface area contributed by atoms with Crippen molar-refractivity contribution < 1.29 is 20.1 Å². The molecule has 0 amide bonds. The van der Waals surface area contributed by atoms with Crippen molar-refractivity contribution in [3.63, 3.8) is 0 Å². The molecule has 4 heteroatoms. The number of aliphatic carboxylic acids is 1. The van der Waals surface area contributed by atoms with Gasteiger partial charge in [0.15, 0.2) is 0 Å². The lowest BCUT2D eigenvalue weighted by molar-refractivity contribution is -0.175. The van der Waals surface area contributed by atoms with Crippen LogP contribution in [0.3, 0.4) is 0 Å². The van der Waals surface area contributed by atoms with Gasteiger partial charge in [-0.1, -0.05) is 20.8 Å². The summed E-state index contributed by atoms with van der Waals surface area (Å²) >= 11 is 0. The minimum absolute atomic E-state index is 0.0591. The van der Waals surface area contributed by atoms with Gasteiger partial charge in [-0.25, -0.2) is 0 Å². The molecule has 0 aromatic heterocycles. The van der Waals surface area contributed by atoms with Crippen molar-refractivity contribution in [3.05, 3.63) is 0 Å². The molecule has 4 saturated carbocycles. The van der Waals surface area contributed by atoms with Crippen molar-refractivity contribution in [3.8, 4) is 0 Å². The second kappa shape index (κ2) is 7.27. The first-order valence-electron chi connectivity index (χ1n) is 11.8. The Balaban J connectivity index is 1.56. The number of aliphatic hydroxyl groups excluding tert-OH is 2. The van der Waals surface area contributed by atoms with Gasteiger partial charge in [-0.15, -0.1) is 0 Å². The highest BCUT2D eigenvalue weighted by Gasteiger charge is 2.63. The van der Waals surface area contributed by atoms with E-state index in [0.717, 1.165) is 38.5 Å². The Morgan fingerprint density at radius 3 is 2.50 bits per heavy atom. The van der Waals surface area contributed by atoms with E-state index in [1.807, 2.05) is 0 Å². The van der Waals surface area contributed by atoms with Crippen LogP contribution in [0.5, 0.6) is 0 Å². The van der Waals surface area contributed by atoms with Crippen LogP contribution in [0.4, 0.5) is 0 Å². The van der Waals surface area contributed by atoms with Crippen LogP contribution in [-0.4, -0.2) is 33.5 Å². The van der Waals surface area contributed by atoms with Gasteiger partial charge in [0.1, 0.15) is 0 Å². The number of hydrogen-bond donors (Lipinski definition) is 3. The fourth-order valence-electron chi connectivity index (χ4n) is 8.71. The first-order valence-corrected chi connectivity index (χ1v) is 11.8. The topological polar surface area (TPSA) is 77.8 Å². The predicted octanol–water partition coefficient (Wildman–Crippen LogP) is 4.48. The fraction of sp³-hybridized carbons (Fsp3) is 0.958. The number of hydrogen-bond acceptors (Lipinski definition) is 3. The van der Waals surface area contributed by atoms with Crippen molar-refractivity contribution in [1.82, 2.24) is 0 Å². The SMILES string of the molecule is C[C@H](CCC(=O)O)[C@H]1CCC2[C@H]3CC[C@@H]4C[C@H](O)CC[C@]4(C)[C@@H]3C[C@H](O)[C@@]21C. The van der Waals surface area contributed by atoms with Crippen LogP contribution in [0.25, 0.3) is 0 Å². The number of fused-ring (bicyclic) bond motifs is 5. The van der Waals surface area contributed by atoms with Crippen LogP contribution in [0.1, 0.15) is 85.0 Å². The van der Waals surface area contributed by atoms with E-state index in [1.165, 1.54) is 19.3 Å². The molecule has 4 nitrogen and oxygen atoms in total. The van der Waals surface area contributed by atoms with Crippen molar-refractivity contribution in [2.45, 2.75) is 97.2 Å². The number of carboxylic acid groups (broad SMARTS) is 1. The number of aliphatic hydroxyl groups is 2. The van der Waals surface area contributed by atoms with E-state index in [0.29, 0.717) is 35.5 Å². The lowest BCUT2D eigenvalue weighted by Crippen LogP contribution is -2.58. The van der Waals surface area contributed by atoms with E-state index in [-0.39, 0.29) is 29.5 Å². The Hall–Kier alpha value is -0.610. The maximum Gasteiger partial charge on any atom is 0.303 e. The molecule has 4 aliphatic carbocycles. The number of carboxylic acids is 1. The van der Waals surface area contributed by atoms with Crippen molar-refractivity contribution >= 4 is 5.97 Å². The van der Waals surface area contributed by atoms with Gasteiger partial charge in [-0.3, -0.25) is 4.79 Å². The molecular weight excluding hydrogens is 352 g/mol. The Labute approximate surface area is 170 Å². The van der Waals surface area contributed by atoms with Crippen molar-refractivity contribution in [1.29, 1.82) is 0 Å². The van der Waals surface area contributed by atoms with Crippen molar-refractivity contribution in [2.24, 2.45) is 46.3 Å². The largest absolute Gasteiger partial charge is 0.481 e. The molecule has 4 aliphatic rings. The maximum absolute atomic E-state index is 11.5. The van der Waals surface area contributed by atoms with Crippen LogP contribution in [0, 0.1) is 46.3 Å². The number of carbonyl (C=O) groups is 1. The van der Waals surface area contributed by atoms with E-state index in [2.05, 4.69) is 20.8 Å². The van der Waals surface area contributed by atoms with Gasteiger partial charge in [0.05, 0.1) is 12.2 Å². The van der Waals surface area contributed by atoms with Crippen LogP contribution >= 0.6 is 0 Å². The third kappa shape index (κ3) is 3.05. The average Bonchev–Trinajstić information content (AvgIpc) is 3.00. The highest BCUT2D eigenvalue weighted by Crippen LogP contribution is 2.68.